The Morgan fingerprint density at radius 2 is 1.85 bits per heavy atom. The molecule has 2 aromatic rings. The molecule has 2 unspecified atom stereocenters. The summed E-state index contributed by atoms with van der Waals surface area (Å²) in [6.45, 7) is 14.5. The van der Waals surface area contributed by atoms with Crippen molar-refractivity contribution in [3.05, 3.63) is 63.6 Å². The quantitative estimate of drug-likeness (QED) is 0.410. The fraction of sp³-hybridized carbons (Fsp3) is 0.577. The minimum Gasteiger partial charge on any atom is -0.487 e. The van der Waals surface area contributed by atoms with Crippen LogP contribution in [0.1, 0.15) is 82.7 Å². The van der Waals surface area contributed by atoms with Crippen LogP contribution in [0.2, 0.25) is 13.1 Å². The van der Waals surface area contributed by atoms with E-state index in [9.17, 15) is 18.0 Å². The predicted octanol–water partition coefficient (Wildman–Crippen LogP) is 6.89. The normalized spacial score (nSPS) is 19.0. The number of fused-ring (bicyclic) bond motifs is 1. The van der Waals surface area contributed by atoms with Crippen LogP contribution in [-0.2, 0) is 10.6 Å². The molecule has 0 bridgehead atoms. The van der Waals surface area contributed by atoms with Gasteiger partial charge in [-0.25, -0.2) is 0 Å². The molecule has 0 aliphatic carbocycles. The Bertz CT molecular complexity index is 1070. The van der Waals surface area contributed by atoms with E-state index in [4.69, 9.17) is 9.16 Å². The smallest absolute Gasteiger partial charge is 0.416 e. The summed E-state index contributed by atoms with van der Waals surface area (Å²) in [6, 6.07) is 6.39. The van der Waals surface area contributed by atoms with E-state index in [2.05, 4.69) is 33.9 Å². The lowest BCUT2D eigenvalue weighted by atomic mass is 9.87. The maximum atomic E-state index is 13.4. The van der Waals surface area contributed by atoms with Gasteiger partial charge < -0.3 is 13.7 Å². The van der Waals surface area contributed by atoms with E-state index < -0.39 is 32.4 Å². The largest absolute Gasteiger partial charge is 0.487 e. The summed E-state index contributed by atoms with van der Waals surface area (Å²) in [5, 5.41) is 0. The molecule has 0 spiro atoms. The monoisotopic (exact) mass is 495 g/mol. The second-order valence-corrected chi connectivity index (χ2v) is 13.7. The Kier molecular flexibility index (Phi) is 7.44. The average Bonchev–Trinajstić information content (AvgIpc) is 2.68. The third-order valence-electron chi connectivity index (χ3n) is 6.04. The highest BCUT2D eigenvalue weighted by atomic mass is 28.3. The van der Waals surface area contributed by atoms with Crippen LogP contribution in [0.25, 0.3) is 0 Å². The van der Waals surface area contributed by atoms with Crippen LogP contribution in [0.15, 0.2) is 41.3 Å². The van der Waals surface area contributed by atoms with E-state index in [0.29, 0.717) is 17.7 Å². The zero-order valence-corrected chi connectivity index (χ0v) is 22.3. The number of benzene rings is 1. The summed E-state index contributed by atoms with van der Waals surface area (Å²) in [5.74, 6) is 0.377. The number of ether oxygens (including phenoxy) is 1. The number of hydrogen-bond donors (Lipinski definition) is 0. The molecule has 188 valence electrons. The molecule has 0 saturated heterocycles. The van der Waals surface area contributed by atoms with Crippen LogP contribution in [-0.4, -0.2) is 19.2 Å². The highest BCUT2D eigenvalue weighted by Crippen LogP contribution is 2.43. The van der Waals surface area contributed by atoms with E-state index in [0.717, 1.165) is 30.5 Å². The van der Waals surface area contributed by atoms with Gasteiger partial charge in [0.05, 0.1) is 17.7 Å². The van der Waals surface area contributed by atoms with Crippen molar-refractivity contribution in [1.82, 2.24) is 4.57 Å². The molecule has 1 aromatic heterocycles. The molecule has 0 N–H and O–H groups in total. The second kappa shape index (κ2) is 9.53. The number of pyridine rings is 1. The van der Waals surface area contributed by atoms with Gasteiger partial charge in [-0.3, -0.25) is 4.79 Å². The van der Waals surface area contributed by atoms with Crippen molar-refractivity contribution >= 4 is 9.04 Å². The number of halogens is 3. The molecule has 3 rings (SSSR count). The molecule has 2 atom stereocenters. The lowest BCUT2D eigenvalue weighted by Gasteiger charge is -2.38. The van der Waals surface area contributed by atoms with Gasteiger partial charge >= 0.3 is 6.18 Å². The molecule has 8 heteroatoms. The van der Waals surface area contributed by atoms with Gasteiger partial charge in [0, 0.05) is 24.2 Å². The van der Waals surface area contributed by atoms with Crippen LogP contribution in [0, 0.1) is 5.41 Å². The maximum absolute atomic E-state index is 13.4. The van der Waals surface area contributed by atoms with Crippen molar-refractivity contribution in [2.24, 2.45) is 5.41 Å². The molecule has 34 heavy (non-hydrogen) atoms. The molecular weight excluding hydrogens is 459 g/mol. The Labute approximate surface area is 201 Å². The summed E-state index contributed by atoms with van der Waals surface area (Å²) in [6.07, 6.45) is -0.806. The van der Waals surface area contributed by atoms with Gasteiger partial charge in [-0.15, -0.1) is 0 Å². The summed E-state index contributed by atoms with van der Waals surface area (Å²) >= 11 is 0. The third-order valence-corrected chi connectivity index (χ3v) is 6.91. The number of aromatic nitrogens is 1. The van der Waals surface area contributed by atoms with Crippen LogP contribution >= 0.6 is 0 Å². The van der Waals surface area contributed by atoms with Crippen molar-refractivity contribution < 1.29 is 22.3 Å². The zero-order chi connectivity index (χ0) is 25.5. The minimum absolute atomic E-state index is 0.142. The Morgan fingerprint density at radius 3 is 2.41 bits per heavy atom. The molecule has 0 radical (unpaired) electrons. The van der Waals surface area contributed by atoms with E-state index in [1.165, 1.54) is 10.6 Å². The molecule has 1 aliphatic heterocycles. The Hall–Kier alpha value is -2.06. The summed E-state index contributed by atoms with van der Waals surface area (Å²) in [4.78, 5) is 13.3. The third kappa shape index (κ3) is 6.53. The maximum Gasteiger partial charge on any atom is 0.416 e. The molecule has 0 saturated carbocycles. The van der Waals surface area contributed by atoms with Gasteiger partial charge in [-0.2, -0.15) is 13.2 Å². The number of alkyl halides is 3. The Morgan fingerprint density at radius 1 is 1.18 bits per heavy atom. The van der Waals surface area contributed by atoms with Crippen LogP contribution in [0.3, 0.4) is 0 Å². The predicted molar refractivity (Wildman–Crippen MR) is 131 cm³/mol. The minimum atomic E-state index is -4.47. The van der Waals surface area contributed by atoms with Gasteiger partial charge in [0.2, 0.25) is 0 Å². The fourth-order valence-electron chi connectivity index (χ4n) is 4.41. The second-order valence-electron chi connectivity index (χ2n) is 11.3. The van der Waals surface area contributed by atoms with E-state index in [1.54, 1.807) is 12.3 Å². The van der Waals surface area contributed by atoms with E-state index in [-0.39, 0.29) is 17.1 Å². The van der Waals surface area contributed by atoms with Crippen molar-refractivity contribution in [3.63, 3.8) is 0 Å². The van der Waals surface area contributed by atoms with Gasteiger partial charge in [0.1, 0.15) is 11.4 Å². The van der Waals surface area contributed by atoms with Crippen molar-refractivity contribution in [1.29, 1.82) is 0 Å². The number of nitrogens with zero attached hydrogens (tertiary/aromatic N) is 1. The Balaban J connectivity index is 2.01. The lowest BCUT2D eigenvalue weighted by molar-refractivity contribution is -0.137. The lowest BCUT2D eigenvalue weighted by Crippen LogP contribution is -2.39. The van der Waals surface area contributed by atoms with Gasteiger partial charge in [0.15, 0.2) is 9.04 Å². The fourth-order valence-corrected chi connectivity index (χ4v) is 5.36. The van der Waals surface area contributed by atoms with Crippen molar-refractivity contribution in [2.45, 2.75) is 90.9 Å². The summed E-state index contributed by atoms with van der Waals surface area (Å²) < 4.78 is 53.9. The van der Waals surface area contributed by atoms with Crippen LogP contribution < -0.4 is 10.3 Å². The SMILES string of the molecule is C[SiH](C)OC(CCC(C)(C)C)c1ccn(C2CC(C)(C)Oc3ccc(C(F)(F)F)cc32)c(=O)c1. The molecule has 1 aliphatic rings. The molecule has 0 amide bonds. The van der Waals surface area contributed by atoms with Crippen LogP contribution in [0.4, 0.5) is 13.2 Å². The van der Waals surface area contributed by atoms with E-state index in [1.807, 2.05) is 19.9 Å². The highest BCUT2D eigenvalue weighted by Gasteiger charge is 2.38. The molecular formula is C26H36F3NO3Si. The topological polar surface area (TPSA) is 40.5 Å². The molecule has 2 heterocycles. The average molecular weight is 496 g/mol. The van der Waals surface area contributed by atoms with Gasteiger partial charge in [0.25, 0.3) is 5.56 Å². The van der Waals surface area contributed by atoms with Gasteiger partial charge in [-0.05, 0) is 75.0 Å². The highest BCUT2D eigenvalue weighted by molar-refractivity contribution is 6.48. The summed E-state index contributed by atoms with van der Waals surface area (Å²) in [5.41, 5.74) is -0.290. The van der Waals surface area contributed by atoms with E-state index >= 15 is 0 Å². The first-order valence-electron chi connectivity index (χ1n) is 11.8. The van der Waals surface area contributed by atoms with Crippen molar-refractivity contribution in [2.75, 3.05) is 0 Å². The van der Waals surface area contributed by atoms with Crippen LogP contribution in [0.5, 0.6) is 5.75 Å². The number of hydrogen-bond acceptors (Lipinski definition) is 3. The first-order valence-corrected chi connectivity index (χ1v) is 14.6. The molecule has 4 nitrogen and oxygen atoms in total. The molecule has 1 aromatic carbocycles. The molecule has 0 fully saturated rings. The van der Waals surface area contributed by atoms with Gasteiger partial charge in [-0.1, -0.05) is 20.8 Å². The standard InChI is InChI=1S/C26H36F3NO3Si/c1-24(2,3)12-10-21(33-34(6)7)17-11-13-30(23(31)14-17)20-16-25(4,5)32-22-9-8-18(15-19(20)22)26(27,28)29/h8-9,11,13-15,20-21,34H,10,12,16H2,1-7H3. The zero-order valence-electron chi connectivity index (χ0n) is 21.1. The summed E-state index contributed by atoms with van der Waals surface area (Å²) in [7, 11) is -1.36. The van der Waals surface area contributed by atoms with Crippen molar-refractivity contribution in [3.8, 4) is 5.75 Å². The first kappa shape index (κ1) is 26.5. The first-order chi connectivity index (χ1) is 15.6. The number of rotatable bonds is 6.